The number of thiol groups is 3. The summed E-state index contributed by atoms with van der Waals surface area (Å²) in [5.74, 6) is 0. The van der Waals surface area contributed by atoms with Crippen LogP contribution >= 0.6 is 0 Å². The van der Waals surface area contributed by atoms with Crippen LogP contribution in [0.15, 0.2) is 0 Å². The quantitative estimate of drug-likeness (QED) is 0.320. The normalized spacial score (nSPS) is 0. The minimum Gasteiger partial charge on any atom is -0.813 e. The summed E-state index contributed by atoms with van der Waals surface area (Å²) < 4.78 is 0. The van der Waals surface area contributed by atoms with Crippen molar-refractivity contribution in [3.8, 4) is 0 Å². The second kappa shape index (κ2) is 48.8. The molecule has 0 aliphatic heterocycles. The summed E-state index contributed by atoms with van der Waals surface area (Å²) in [6, 6.07) is 0. The summed E-state index contributed by atoms with van der Waals surface area (Å²) in [4.78, 5) is 0. The van der Waals surface area contributed by atoms with E-state index in [0.29, 0.717) is 0 Å². The zero-order valence-electron chi connectivity index (χ0n) is 2.40. The summed E-state index contributed by atoms with van der Waals surface area (Å²) in [5.41, 5.74) is 0. The van der Waals surface area contributed by atoms with E-state index in [0.717, 1.165) is 0 Å². The van der Waals surface area contributed by atoms with E-state index in [1.54, 1.807) is 0 Å². The minimum absolute atomic E-state index is 0. The molecule has 0 saturated heterocycles. The van der Waals surface area contributed by atoms with E-state index in [9.17, 15) is 0 Å². The van der Waals surface area contributed by atoms with Crippen LogP contribution in [-0.2, 0) is 91.7 Å². The molecule has 0 rings (SSSR count). The molecule has 0 saturated carbocycles. The van der Waals surface area contributed by atoms with Gasteiger partial charge >= 0.3 is 17.1 Å². The molecule has 6 heavy (non-hydrogen) atoms. The van der Waals surface area contributed by atoms with E-state index in [2.05, 4.69) is 0 Å². The van der Waals surface area contributed by atoms with Gasteiger partial charge in [0.1, 0.15) is 0 Å². The Morgan fingerprint density at radius 3 is 0.500 bits per heavy atom. The Kier molecular flexibility index (Phi) is 596. The zero-order valence-corrected chi connectivity index (χ0v) is 8.40. The number of rotatable bonds is 0. The van der Waals surface area contributed by atoms with E-state index in [-0.39, 0.29) is 91.7 Å². The van der Waals surface area contributed by atoms with E-state index >= 15 is 0 Å². The molecule has 0 atom stereocenters. The average Bonchev–Trinajstić information content (AvgIpc) is 0. The van der Waals surface area contributed by atoms with Crippen LogP contribution in [0.25, 0.3) is 0 Å². The van der Waals surface area contributed by atoms with Crippen molar-refractivity contribution in [3.05, 3.63) is 0 Å². The van der Waals surface area contributed by atoms with Crippen LogP contribution in [0.2, 0.25) is 0 Å². The third-order valence-electron chi connectivity index (χ3n) is 0. The van der Waals surface area contributed by atoms with Gasteiger partial charge in [0.25, 0.3) is 0 Å². The predicted octanol–water partition coefficient (Wildman–Crippen LogP) is -0.818. The van der Waals surface area contributed by atoms with Gasteiger partial charge in [0.15, 0.2) is 0 Å². The SMILES string of the molecule is [Fe+2].[Fe].[Fe].[SH-].[SH-].[SH-]. The molecule has 0 N–H and O–H groups in total. The summed E-state index contributed by atoms with van der Waals surface area (Å²) in [6.07, 6.45) is 0. The Balaban J connectivity index is 0. The maximum atomic E-state index is 0. The third kappa shape index (κ3) is 30.6. The first kappa shape index (κ1) is 73.2. The molecule has 0 fully saturated rings. The molecule has 6 heteroatoms. The van der Waals surface area contributed by atoms with Crippen molar-refractivity contribution in [2.75, 3.05) is 0 Å². The van der Waals surface area contributed by atoms with Gasteiger partial charge in [0.05, 0.1) is 0 Å². The first-order valence-corrected chi connectivity index (χ1v) is 0. The average molecular weight is 267 g/mol. The van der Waals surface area contributed by atoms with Crippen LogP contribution < -0.4 is 0 Å². The molecule has 0 unspecified atom stereocenters. The monoisotopic (exact) mass is 267 g/mol. The van der Waals surface area contributed by atoms with Crippen molar-refractivity contribution in [1.29, 1.82) is 0 Å². The number of hydrogen-bond acceptors (Lipinski definition) is 3. The smallest absolute Gasteiger partial charge is 0.813 e. The topological polar surface area (TPSA) is 0 Å². The molecule has 0 aliphatic rings. The van der Waals surface area contributed by atoms with E-state index < -0.39 is 0 Å². The van der Waals surface area contributed by atoms with E-state index in [1.807, 2.05) is 0 Å². The van der Waals surface area contributed by atoms with Crippen LogP contribution in [0.4, 0.5) is 0 Å². The summed E-state index contributed by atoms with van der Waals surface area (Å²) in [6.45, 7) is 0. The maximum absolute atomic E-state index is 0. The third-order valence-corrected chi connectivity index (χ3v) is 0. The van der Waals surface area contributed by atoms with Gasteiger partial charge < -0.3 is 40.5 Å². The summed E-state index contributed by atoms with van der Waals surface area (Å²) in [5, 5.41) is 0. The molecule has 0 heterocycles. The van der Waals surface area contributed by atoms with E-state index in [1.165, 1.54) is 0 Å². The maximum Gasteiger partial charge on any atom is 2.00 e. The second-order valence-corrected chi connectivity index (χ2v) is 0. The molecule has 46 valence electrons. The molecule has 0 radical (unpaired) electrons. The predicted molar refractivity (Wildman–Crippen MR) is 26.3 cm³/mol. The van der Waals surface area contributed by atoms with Crippen molar-refractivity contribution in [2.24, 2.45) is 0 Å². The summed E-state index contributed by atoms with van der Waals surface area (Å²) in [7, 11) is 0. The Hall–Kier alpha value is 2.61. The molecular formula is H3Fe3S3-. The standard InChI is InChI=1S/3Fe.3H2S/h;;;3*1H2/q;;+2;;;/p-3. The fourth-order valence-electron chi connectivity index (χ4n) is 0. The first-order chi connectivity index (χ1) is 0. The molecule has 0 bridgehead atoms. The van der Waals surface area contributed by atoms with Crippen LogP contribution in [-0.4, -0.2) is 0 Å². The molecule has 0 aromatic heterocycles. The molecule has 0 aromatic carbocycles. The molecule has 0 spiro atoms. The fourth-order valence-corrected chi connectivity index (χ4v) is 0. The molecule has 0 amide bonds. The first-order valence-electron chi connectivity index (χ1n) is 0. The van der Waals surface area contributed by atoms with Gasteiger partial charge in [-0.05, 0) is 0 Å². The van der Waals surface area contributed by atoms with Crippen LogP contribution in [0.3, 0.4) is 0 Å². The van der Waals surface area contributed by atoms with Gasteiger partial charge in [-0.25, -0.2) is 0 Å². The fraction of sp³-hybridized carbons (Fsp3) is 0. The van der Waals surface area contributed by atoms with Crippen LogP contribution in [0.5, 0.6) is 0 Å². The minimum atomic E-state index is 0. The van der Waals surface area contributed by atoms with Gasteiger partial charge in [-0.15, -0.1) is 0 Å². The van der Waals surface area contributed by atoms with Gasteiger partial charge in [0.2, 0.25) is 0 Å². The summed E-state index contributed by atoms with van der Waals surface area (Å²) >= 11 is 0. The van der Waals surface area contributed by atoms with E-state index in [4.69, 9.17) is 0 Å². The van der Waals surface area contributed by atoms with Crippen molar-refractivity contribution in [1.82, 2.24) is 0 Å². The Labute approximate surface area is 90.7 Å². The van der Waals surface area contributed by atoms with Crippen LogP contribution in [0.1, 0.15) is 0 Å². The Bertz CT molecular complexity index is 6.00. The molecular weight excluding hydrogens is 264 g/mol. The van der Waals surface area contributed by atoms with Crippen LogP contribution in [0, 0.1) is 0 Å². The van der Waals surface area contributed by atoms with Crippen molar-refractivity contribution < 1.29 is 51.2 Å². The molecule has 0 aliphatic carbocycles. The second-order valence-electron chi connectivity index (χ2n) is 0. The van der Waals surface area contributed by atoms with Gasteiger partial charge in [-0.3, -0.25) is 0 Å². The van der Waals surface area contributed by atoms with Gasteiger partial charge in [-0.1, -0.05) is 0 Å². The zero-order chi connectivity index (χ0) is 0. The van der Waals surface area contributed by atoms with Crippen molar-refractivity contribution in [3.63, 3.8) is 0 Å². The van der Waals surface area contributed by atoms with Crippen molar-refractivity contribution in [2.45, 2.75) is 0 Å². The Morgan fingerprint density at radius 1 is 0.500 bits per heavy atom. The Morgan fingerprint density at radius 2 is 0.500 bits per heavy atom. The van der Waals surface area contributed by atoms with Crippen molar-refractivity contribution >= 4 is 40.5 Å². The largest absolute Gasteiger partial charge is 2.00 e. The van der Waals surface area contributed by atoms with Gasteiger partial charge in [-0.2, -0.15) is 0 Å². The molecule has 0 nitrogen and oxygen atoms in total. The number of hydrogen-bond donors (Lipinski definition) is 0. The molecule has 0 aromatic rings. The van der Waals surface area contributed by atoms with Gasteiger partial charge in [0, 0.05) is 34.1 Å².